The molecular weight excluding hydrogens is 198 g/mol. The van der Waals surface area contributed by atoms with Gasteiger partial charge in [0.2, 0.25) is 0 Å². The SMILES string of the molecule is CCCCN1C(CC#N)CNCCC1(C)C. The number of nitrogens with one attached hydrogen (secondary N) is 1. The Labute approximate surface area is 99.8 Å². The van der Waals surface area contributed by atoms with E-state index in [-0.39, 0.29) is 5.54 Å². The highest BCUT2D eigenvalue weighted by atomic mass is 15.2. The molecule has 0 bridgehead atoms. The molecule has 3 heteroatoms. The summed E-state index contributed by atoms with van der Waals surface area (Å²) in [5.41, 5.74) is 0.222. The number of hydrogen-bond donors (Lipinski definition) is 1. The molecule has 92 valence electrons. The largest absolute Gasteiger partial charge is 0.315 e. The van der Waals surface area contributed by atoms with E-state index < -0.39 is 0 Å². The molecule has 1 heterocycles. The molecule has 0 saturated carbocycles. The van der Waals surface area contributed by atoms with Crippen LogP contribution < -0.4 is 5.32 Å². The lowest BCUT2D eigenvalue weighted by molar-refractivity contribution is 0.0778. The van der Waals surface area contributed by atoms with Crippen molar-refractivity contribution in [3.63, 3.8) is 0 Å². The van der Waals surface area contributed by atoms with Crippen LogP contribution >= 0.6 is 0 Å². The maximum absolute atomic E-state index is 8.92. The summed E-state index contributed by atoms with van der Waals surface area (Å²) in [7, 11) is 0. The maximum Gasteiger partial charge on any atom is 0.0638 e. The Hall–Kier alpha value is -0.590. The molecule has 0 radical (unpaired) electrons. The molecule has 1 aliphatic heterocycles. The van der Waals surface area contributed by atoms with Crippen LogP contribution in [0.1, 0.15) is 46.5 Å². The van der Waals surface area contributed by atoms with Gasteiger partial charge in [-0.1, -0.05) is 13.3 Å². The van der Waals surface area contributed by atoms with Crippen molar-refractivity contribution in [1.82, 2.24) is 10.2 Å². The van der Waals surface area contributed by atoms with Crippen LogP contribution in [0.25, 0.3) is 0 Å². The van der Waals surface area contributed by atoms with Gasteiger partial charge in [0.1, 0.15) is 0 Å². The van der Waals surface area contributed by atoms with Crippen molar-refractivity contribution in [1.29, 1.82) is 5.26 Å². The second-order valence-electron chi connectivity index (χ2n) is 5.33. The Morgan fingerprint density at radius 1 is 1.50 bits per heavy atom. The first-order valence-corrected chi connectivity index (χ1v) is 6.46. The van der Waals surface area contributed by atoms with Gasteiger partial charge in [-0.25, -0.2) is 0 Å². The second kappa shape index (κ2) is 6.22. The van der Waals surface area contributed by atoms with Gasteiger partial charge >= 0.3 is 0 Å². The highest BCUT2D eigenvalue weighted by Crippen LogP contribution is 2.25. The molecule has 1 saturated heterocycles. The molecule has 3 nitrogen and oxygen atoms in total. The molecule has 0 aromatic carbocycles. The number of nitriles is 1. The number of rotatable bonds is 4. The van der Waals surface area contributed by atoms with E-state index in [4.69, 9.17) is 5.26 Å². The van der Waals surface area contributed by atoms with Crippen LogP contribution in [0.15, 0.2) is 0 Å². The summed E-state index contributed by atoms with van der Waals surface area (Å²) in [6, 6.07) is 2.71. The molecule has 16 heavy (non-hydrogen) atoms. The summed E-state index contributed by atoms with van der Waals surface area (Å²) in [4.78, 5) is 2.54. The first-order chi connectivity index (χ1) is 7.61. The molecule has 1 rings (SSSR count). The molecule has 0 amide bonds. The van der Waals surface area contributed by atoms with Gasteiger partial charge in [0.15, 0.2) is 0 Å². The van der Waals surface area contributed by atoms with Gasteiger partial charge in [-0.3, -0.25) is 4.90 Å². The second-order valence-corrected chi connectivity index (χ2v) is 5.33. The zero-order chi connectivity index (χ0) is 12.0. The fourth-order valence-corrected chi connectivity index (χ4v) is 2.51. The lowest BCUT2D eigenvalue weighted by Gasteiger charge is -2.41. The predicted octanol–water partition coefficient (Wildman–Crippen LogP) is 2.14. The molecule has 1 unspecified atom stereocenters. The fraction of sp³-hybridized carbons (Fsp3) is 0.923. The Kier molecular flexibility index (Phi) is 5.24. The van der Waals surface area contributed by atoms with Crippen molar-refractivity contribution < 1.29 is 0 Å². The van der Waals surface area contributed by atoms with Gasteiger partial charge in [0, 0.05) is 18.1 Å². The van der Waals surface area contributed by atoms with E-state index in [0.717, 1.165) is 19.6 Å². The van der Waals surface area contributed by atoms with Crippen molar-refractivity contribution >= 4 is 0 Å². The average molecular weight is 223 g/mol. The Morgan fingerprint density at radius 3 is 2.88 bits per heavy atom. The third kappa shape index (κ3) is 3.47. The van der Waals surface area contributed by atoms with Gasteiger partial charge in [-0.05, 0) is 39.8 Å². The molecule has 0 aliphatic carbocycles. The summed E-state index contributed by atoms with van der Waals surface area (Å²) >= 11 is 0. The lowest BCUT2D eigenvalue weighted by Crippen LogP contribution is -2.50. The minimum absolute atomic E-state index is 0.222. The van der Waals surface area contributed by atoms with Crippen LogP contribution in [0.2, 0.25) is 0 Å². The summed E-state index contributed by atoms with van der Waals surface area (Å²) in [6.45, 7) is 9.98. The molecule has 0 aromatic heterocycles. The predicted molar refractivity (Wildman–Crippen MR) is 67.2 cm³/mol. The number of nitrogens with zero attached hydrogens (tertiary/aromatic N) is 2. The lowest BCUT2D eigenvalue weighted by atomic mass is 9.95. The zero-order valence-corrected chi connectivity index (χ0v) is 10.9. The van der Waals surface area contributed by atoms with Crippen LogP contribution in [0, 0.1) is 11.3 Å². The highest BCUT2D eigenvalue weighted by molar-refractivity contribution is 4.94. The van der Waals surface area contributed by atoms with E-state index in [1.807, 2.05) is 0 Å². The fourth-order valence-electron chi connectivity index (χ4n) is 2.51. The summed E-state index contributed by atoms with van der Waals surface area (Å²) in [6.07, 6.45) is 4.25. The number of hydrogen-bond acceptors (Lipinski definition) is 3. The standard InChI is InChI=1S/C13H25N3/c1-4-5-10-16-12(6-8-14)11-15-9-7-13(16,2)3/h12,15H,4-7,9-11H2,1-3H3. The summed E-state index contributed by atoms with van der Waals surface area (Å²) in [5.74, 6) is 0. The van der Waals surface area contributed by atoms with Crippen LogP contribution in [-0.4, -0.2) is 36.1 Å². The quantitative estimate of drug-likeness (QED) is 0.793. The van der Waals surface area contributed by atoms with E-state index in [1.165, 1.54) is 19.3 Å². The van der Waals surface area contributed by atoms with Gasteiger partial charge in [-0.2, -0.15) is 5.26 Å². The van der Waals surface area contributed by atoms with Gasteiger partial charge < -0.3 is 5.32 Å². The molecule has 1 aliphatic rings. The molecule has 0 aromatic rings. The van der Waals surface area contributed by atoms with E-state index in [1.54, 1.807) is 0 Å². The van der Waals surface area contributed by atoms with Crippen LogP contribution in [0.5, 0.6) is 0 Å². The van der Waals surface area contributed by atoms with E-state index in [2.05, 4.69) is 37.1 Å². The molecular formula is C13H25N3. The van der Waals surface area contributed by atoms with Crippen LogP contribution in [0.3, 0.4) is 0 Å². The van der Waals surface area contributed by atoms with Crippen molar-refractivity contribution in [3.05, 3.63) is 0 Å². The molecule has 1 atom stereocenters. The Morgan fingerprint density at radius 2 is 2.25 bits per heavy atom. The smallest absolute Gasteiger partial charge is 0.0638 e. The first-order valence-electron chi connectivity index (χ1n) is 6.46. The van der Waals surface area contributed by atoms with E-state index in [9.17, 15) is 0 Å². The van der Waals surface area contributed by atoms with Crippen LogP contribution in [0.4, 0.5) is 0 Å². The monoisotopic (exact) mass is 223 g/mol. The third-order valence-electron chi connectivity index (χ3n) is 3.59. The van der Waals surface area contributed by atoms with Crippen LogP contribution in [-0.2, 0) is 0 Å². The van der Waals surface area contributed by atoms with Crippen molar-refractivity contribution in [2.75, 3.05) is 19.6 Å². The molecule has 1 fully saturated rings. The van der Waals surface area contributed by atoms with Crippen molar-refractivity contribution in [2.24, 2.45) is 0 Å². The minimum atomic E-state index is 0.222. The zero-order valence-electron chi connectivity index (χ0n) is 10.9. The van der Waals surface area contributed by atoms with E-state index in [0.29, 0.717) is 12.5 Å². The highest BCUT2D eigenvalue weighted by Gasteiger charge is 2.33. The normalized spacial score (nSPS) is 26.0. The Bertz CT molecular complexity index is 242. The van der Waals surface area contributed by atoms with E-state index >= 15 is 0 Å². The van der Waals surface area contributed by atoms with Gasteiger partial charge in [0.25, 0.3) is 0 Å². The molecule has 1 N–H and O–H groups in total. The summed E-state index contributed by atoms with van der Waals surface area (Å²) in [5, 5.41) is 12.4. The van der Waals surface area contributed by atoms with Crippen molar-refractivity contribution in [3.8, 4) is 6.07 Å². The van der Waals surface area contributed by atoms with Crippen molar-refractivity contribution in [2.45, 2.75) is 58.0 Å². The minimum Gasteiger partial charge on any atom is -0.315 e. The van der Waals surface area contributed by atoms with Gasteiger partial charge in [0.05, 0.1) is 12.5 Å². The third-order valence-corrected chi connectivity index (χ3v) is 3.59. The summed E-state index contributed by atoms with van der Waals surface area (Å²) < 4.78 is 0. The maximum atomic E-state index is 8.92. The number of unbranched alkanes of at least 4 members (excludes halogenated alkanes) is 1. The molecule has 0 spiro atoms. The van der Waals surface area contributed by atoms with Gasteiger partial charge in [-0.15, -0.1) is 0 Å². The topological polar surface area (TPSA) is 39.1 Å². The Balaban J connectivity index is 2.73. The average Bonchev–Trinajstić information content (AvgIpc) is 2.36. The first kappa shape index (κ1) is 13.5.